The van der Waals surface area contributed by atoms with E-state index in [1.54, 1.807) is 0 Å². The van der Waals surface area contributed by atoms with E-state index in [4.69, 9.17) is 30.5 Å². The van der Waals surface area contributed by atoms with Gasteiger partial charge in [-0.3, -0.25) is 9.09 Å². The Balaban J connectivity index is 1.79. The molecule has 0 aliphatic carbocycles. The van der Waals surface area contributed by atoms with Gasteiger partial charge in [-0.1, -0.05) is 0 Å². The van der Waals surface area contributed by atoms with Crippen LogP contribution < -0.4 is 27.5 Å². The van der Waals surface area contributed by atoms with Crippen LogP contribution in [0.4, 0.5) is 11.6 Å². The number of rotatable bonds is 8. The van der Waals surface area contributed by atoms with Gasteiger partial charge in [0, 0.05) is 12.3 Å². The molecule has 5 atom stereocenters. The maximum atomic E-state index is 12.8. The smallest absolute Gasteiger partial charge is 0.387 e. The zero-order valence-electron chi connectivity index (χ0n) is 16.2. The molecule has 2 aromatic rings. The number of aromatic nitrogens is 4. The van der Waals surface area contributed by atoms with Crippen LogP contribution in [0.2, 0.25) is 0 Å². The van der Waals surface area contributed by atoms with Crippen molar-refractivity contribution in [2.24, 2.45) is 0 Å². The van der Waals surface area contributed by atoms with Crippen molar-refractivity contribution in [1.29, 1.82) is 0 Å². The molecule has 0 bridgehead atoms. The third-order valence-electron chi connectivity index (χ3n) is 4.05. The Labute approximate surface area is 182 Å². The van der Waals surface area contributed by atoms with Crippen LogP contribution >= 0.6 is 15.6 Å². The molecule has 1 fully saturated rings. The van der Waals surface area contributed by atoms with Gasteiger partial charge in [-0.25, -0.2) is 18.7 Å². The Kier molecular flexibility index (Phi) is 7.04. The van der Waals surface area contributed by atoms with Crippen molar-refractivity contribution in [3.05, 3.63) is 45.5 Å². The Bertz CT molecular complexity index is 1230. The van der Waals surface area contributed by atoms with Crippen molar-refractivity contribution >= 4 is 27.3 Å². The minimum absolute atomic E-state index is 0.107. The second kappa shape index (κ2) is 9.30. The fourth-order valence-electron chi connectivity index (χ4n) is 2.65. The van der Waals surface area contributed by atoms with Crippen LogP contribution in [-0.4, -0.2) is 64.2 Å². The number of aliphatic hydroxyl groups is 2. The van der Waals surface area contributed by atoms with E-state index in [0.717, 1.165) is 23.0 Å². The molecule has 2 aromatic heterocycles. The summed E-state index contributed by atoms with van der Waals surface area (Å²) in [5, 5.41) is 20.4. The molecule has 0 aromatic carbocycles. The predicted molar refractivity (Wildman–Crippen MR) is 105 cm³/mol. The van der Waals surface area contributed by atoms with E-state index in [9.17, 15) is 28.9 Å². The molecule has 1 saturated heterocycles. The Morgan fingerprint density at radius 1 is 1.03 bits per heavy atom. The summed E-state index contributed by atoms with van der Waals surface area (Å²) in [6.45, 7) is -0.944. The van der Waals surface area contributed by atoms with Crippen LogP contribution in [-0.2, 0) is 22.7 Å². The molecule has 1 aliphatic rings. The number of phosphoric acid groups is 2. The van der Waals surface area contributed by atoms with Gasteiger partial charge in [0.25, 0.3) is 0 Å². The van der Waals surface area contributed by atoms with Gasteiger partial charge in [0.15, 0.2) is 6.23 Å². The molecule has 0 spiro atoms. The minimum Gasteiger partial charge on any atom is -0.387 e. The van der Waals surface area contributed by atoms with Gasteiger partial charge >= 0.3 is 27.0 Å². The number of aliphatic hydroxyl groups excluding tert-OH is 2. The monoisotopic (exact) mass is 512 g/mol. The van der Waals surface area contributed by atoms with Crippen LogP contribution in [0.25, 0.3) is 0 Å². The third-order valence-corrected chi connectivity index (χ3v) is 6.54. The largest absolute Gasteiger partial charge is 0.558 e. The molecule has 0 amide bonds. The van der Waals surface area contributed by atoms with Crippen molar-refractivity contribution in [3.63, 3.8) is 0 Å². The van der Waals surface area contributed by atoms with Crippen molar-refractivity contribution in [3.8, 4) is 0 Å². The van der Waals surface area contributed by atoms with Crippen LogP contribution in [0.15, 0.2) is 34.1 Å². The molecule has 1 aliphatic heterocycles. The highest BCUT2D eigenvalue weighted by Crippen LogP contribution is 2.59. The minimum atomic E-state index is -5.50. The predicted octanol–water partition coefficient (Wildman–Crippen LogP) is -3.05. The molecule has 182 valence electrons. The van der Waals surface area contributed by atoms with E-state index in [2.05, 4.69) is 18.9 Å². The Morgan fingerprint density at radius 2 is 1.64 bits per heavy atom. The molecule has 3 rings (SSSR count). The molecule has 33 heavy (non-hydrogen) atoms. The van der Waals surface area contributed by atoms with E-state index in [1.165, 1.54) is 6.07 Å². The Hall–Kier alpha value is -2.66. The number of anilines is 2. The van der Waals surface area contributed by atoms with Gasteiger partial charge < -0.3 is 40.8 Å². The SMILES string of the molecule is Nc1ccn(OP(=O)(OC[C@H]2O[C@@H](n3ccc(N)nc3=O)C(O)C2O)OP(=O)(O)O)c(=O)n1. The van der Waals surface area contributed by atoms with Crippen molar-refractivity contribution < 1.29 is 47.3 Å². The van der Waals surface area contributed by atoms with Crippen LogP contribution in [0.5, 0.6) is 0 Å². The van der Waals surface area contributed by atoms with Gasteiger partial charge in [-0.05, 0) is 6.07 Å². The summed E-state index contributed by atoms with van der Waals surface area (Å²) in [4.78, 5) is 48.5. The van der Waals surface area contributed by atoms with E-state index in [-0.39, 0.29) is 16.4 Å². The van der Waals surface area contributed by atoms with Crippen LogP contribution in [0.3, 0.4) is 0 Å². The molecular weight excluding hydrogens is 494 g/mol. The summed E-state index contributed by atoms with van der Waals surface area (Å²) in [5.74, 6) is -0.342. The zero-order valence-corrected chi connectivity index (χ0v) is 18.0. The lowest BCUT2D eigenvalue weighted by molar-refractivity contribution is -0.0553. The first-order valence-electron chi connectivity index (χ1n) is 8.71. The quantitative estimate of drug-likeness (QED) is 0.192. The third kappa shape index (κ3) is 6.02. The standard InChI is InChI=1S/C13H18N6O12P2/c14-7-1-3-18(12(22)16-7)11-10(21)9(20)6(29-11)5-28-33(27,31-32(24,25)26)30-19-4-2-8(15)17-13(19)23/h1-4,6,9-11,20-21H,5H2,(H2,14,16,22)(H2,15,17,23)(H2,24,25,26)/t6-,9?,10?,11-,33?/m1/s1. The maximum Gasteiger partial charge on any atom is 0.558 e. The lowest BCUT2D eigenvalue weighted by Gasteiger charge is -2.21. The number of hydrogen-bond acceptors (Lipinski definition) is 14. The molecule has 0 saturated carbocycles. The summed E-state index contributed by atoms with van der Waals surface area (Å²) in [5.41, 5.74) is 8.55. The average molecular weight is 512 g/mol. The second-order valence-electron chi connectivity index (χ2n) is 6.45. The number of ether oxygens (including phenoxy) is 1. The van der Waals surface area contributed by atoms with E-state index < -0.39 is 58.2 Å². The first kappa shape index (κ1) is 25.0. The fraction of sp³-hybridized carbons (Fsp3) is 0.385. The summed E-state index contributed by atoms with van der Waals surface area (Å²) in [6.07, 6.45) is -4.45. The van der Waals surface area contributed by atoms with Gasteiger partial charge in [0.2, 0.25) is 0 Å². The lowest BCUT2D eigenvalue weighted by Crippen LogP contribution is -2.36. The summed E-state index contributed by atoms with van der Waals surface area (Å²) >= 11 is 0. The van der Waals surface area contributed by atoms with Gasteiger partial charge in [-0.2, -0.15) is 14.3 Å². The average Bonchev–Trinajstić information content (AvgIpc) is 2.96. The topological polar surface area (TPSA) is 274 Å². The molecule has 20 heteroatoms. The molecule has 0 radical (unpaired) electrons. The zero-order chi connectivity index (χ0) is 24.6. The highest BCUT2D eigenvalue weighted by Gasteiger charge is 2.47. The van der Waals surface area contributed by atoms with Crippen molar-refractivity contribution in [1.82, 2.24) is 19.3 Å². The van der Waals surface area contributed by atoms with E-state index >= 15 is 0 Å². The van der Waals surface area contributed by atoms with Crippen molar-refractivity contribution in [2.45, 2.75) is 24.5 Å². The molecule has 3 heterocycles. The van der Waals surface area contributed by atoms with E-state index in [0.29, 0.717) is 0 Å². The van der Waals surface area contributed by atoms with Gasteiger partial charge in [0.05, 0.1) is 12.8 Å². The summed E-state index contributed by atoms with van der Waals surface area (Å²) in [7, 11) is -10.8. The maximum absolute atomic E-state index is 12.8. The lowest BCUT2D eigenvalue weighted by atomic mass is 10.1. The number of nitrogens with zero attached hydrogens (tertiary/aromatic N) is 4. The van der Waals surface area contributed by atoms with Crippen LogP contribution in [0.1, 0.15) is 6.23 Å². The van der Waals surface area contributed by atoms with E-state index in [1.807, 2.05) is 0 Å². The van der Waals surface area contributed by atoms with Crippen LogP contribution in [0, 0.1) is 0 Å². The normalized spacial score (nSPS) is 25.0. The number of hydrogen-bond donors (Lipinski definition) is 6. The molecule has 3 unspecified atom stereocenters. The summed E-state index contributed by atoms with van der Waals surface area (Å²) in [6, 6.07) is 2.26. The summed E-state index contributed by atoms with van der Waals surface area (Å²) < 4.78 is 43.9. The molecule has 18 nitrogen and oxygen atoms in total. The molecular formula is C13H18N6O12P2. The molecule has 8 N–H and O–H groups in total. The second-order valence-corrected chi connectivity index (χ2v) is 9.40. The fourth-order valence-corrected chi connectivity index (χ4v) is 4.71. The highest BCUT2D eigenvalue weighted by molar-refractivity contribution is 7.61. The van der Waals surface area contributed by atoms with Gasteiger partial charge in [0.1, 0.15) is 29.9 Å². The Morgan fingerprint density at radius 3 is 2.21 bits per heavy atom. The van der Waals surface area contributed by atoms with Gasteiger partial charge in [-0.15, -0.1) is 4.73 Å². The first-order valence-corrected chi connectivity index (χ1v) is 11.7. The van der Waals surface area contributed by atoms with Crippen molar-refractivity contribution in [2.75, 3.05) is 18.1 Å². The highest BCUT2D eigenvalue weighted by atomic mass is 31.3. The number of nitrogen functional groups attached to an aromatic ring is 2. The number of nitrogens with two attached hydrogens (primary N) is 2. The first-order chi connectivity index (χ1) is 15.3.